The molecule has 1 rings (SSSR count). The summed E-state index contributed by atoms with van der Waals surface area (Å²) >= 11 is 11.7. The molecule has 6 nitrogen and oxygen atoms in total. The Morgan fingerprint density at radius 2 is 1.85 bits per heavy atom. The number of benzene rings is 1. The maximum Gasteiger partial charge on any atom is 0.408 e. The van der Waals surface area contributed by atoms with Crippen LogP contribution < -0.4 is 10.0 Å². The summed E-state index contributed by atoms with van der Waals surface area (Å²) in [5.41, 5.74) is -0.691. The molecule has 0 aliphatic rings. The fourth-order valence-electron chi connectivity index (χ4n) is 1.94. The zero-order valence-electron chi connectivity index (χ0n) is 15.4. The van der Waals surface area contributed by atoms with Gasteiger partial charge in [-0.2, -0.15) is 0 Å². The maximum atomic E-state index is 12.5. The van der Waals surface area contributed by atoms with E-state index in [2.05, 4.69) is 10.0 Å². The fourth-order valence-corrected chi connectivity index (χ4v) is 3.15. The first-order valence-electron chi connectivity index (χ1n) is 8.11. The zero-order chi connectivity index (χ0) is 20.1. The number of hydrogen-bond acceptors (Lipinski definition) is 4. The van der Waals surface area contributed by atoms with Gasteiger partial charge in [0.05, 0.1) is 14.9 Å². The van der Waals surface area contributed by atoms with E-state index in [1.807, 2.05) is 13.8 Å². The number of halogens is 2. The van der Waals surface area contributed by atoms with E-state index in [0.29, 0.717) is 16.3 Å². The van der Waals surface area contributed by atoms with Gasteiger partial charge in [-0.3, -0.25) is 9.52 Å². The summed E-state index contributed by atoms with van der Waals surface area (Å²) in [5, 5.41) is 3.10. The third-order valence-corrected chi connectivity index (χ3v) is 5.27. The van der Waals surface area contributed by atoms with Gasteiger partial charge < -0.3 is 10.1 Å². The van der Waals surface area contributed by atoms with Crippen molar-refractivity contribution in [2.24, 2.45) is 5.92 Å². The molecule has 0 aliphatic carbocycles. The molecule has 0 aromatic heterocycles. The first-order valence-corrected chi connectivity index (χ1v) is 10.0. The van der Waals surface area contributed by atoms with Crippen LogP contribution in [0.2, 0.25) is 10.0 Å². The van der Waals surface area contributed by atoms with Crippen LogP contribution in [0.25, 0.3) is 0 Å². The molecule has 1 unspecified atom stereocenters. The van der Waals surface area contributed by atoms with Gasteiger partial charge in [-0.05, 0) is 44.9 Å². The predicted octanol–water partition coefficient (Wildman–Crippen LogP) is 4.07. The Hall–Kier alpha value is -1.31. The van der Waals surface area contributed by atoms with Crippen molar-refractivity contribution >= 4 is 46.2 Å². The Bertz CT molecular complexity index is 692. The van der Waals surface area contributed by atoms with E-state index < -0.39 is 34.6 Å². The number of ether oxygens (including phenoxy) is 1. The van der Waals surface area contributed by atoms with Gasteiger partial charge in [-0.25, -0.2) is 9.00 Å². The van der Waals surface area contributed by atoms with Gasteiger partial charge in [-0.1, -0.05) is 43.5 Å². The summed E-state index contributed by atoms with van der Waals surface area (Å²) in [6.07, 6.45) is -0.0777. The number of rotatable bonds is 6. The van der Waals surface area contributed by atoms with Crippen LogP contribution in [0.4, 0.5) is 4.79 Å². The molecule has 1 aromatic rings. The summed E-state index contributed by atoms with van der Waals surface area (Å²) < 4.78 is 20.0. The highest BCUT2D eigenvalue weighted by atomic mass is 35.5. The van der Waals surface area contributed by atoms with E-state index in [-0.39, 0.29) is 10.9 Å². The van der Waals surface area contributed by atoms with Crippen LogP contribution in [0.1, 0.15) is 41.0 Å². The molecule has 0 aliphatic heterocycles. The largest absolute Gasteiger partial charge is 0.444 e. The van der Waals surface area contributed by atoms with Crippen molar-refractivity contribution < 1.29 is 18.5 Å². The number of carbonyl (C=O) groups excluding carboxylic acids is 2. The lowest BCUT2D eigenvalue weighted by Crippen LogP contribution is -2.51. The van der Waals surface area contributed by atoms with Crippen molar-refractivity contribution in [2.45, 2.75) is 57.6 Å². The van der Waals surface area contributed by atoms with Gasteiger partial charge in [0.15, 0.2) is 11.0 Å². The molecule has 3 atom stereocenters. The summed E-state index contributed by atoms with van der Waals surface area (Å²) in [4.78, 5) is 24.9. The molecule has 0 saturated heterocycles. The molecule has 9 heteroatoms. The van der Waals surface area contributed by atoms with E-state index in [0.717, 1.165) is 0 Å². The normalized spacial score (nSPS) is 14.9. The van der Waals surface area contributed by atoms with Crippen LogP contribution in [-0.2, 0) is 20.5 Å². The first kappa shape index (κ1) is 22.7. The predicted molar refractivity (Wildman–Crippen MR) is 104 cm³/mol. The summed E-state index contributed by atoms with van der Waals surface area (Å²) in [6.45, 7) is 8.88. The number of alkyl carbamates (subject to hydrolysis) is 1. The molecule has 0 bridgehead atoms. The van der Waals surface area contributed by atoms with E-state index in [1.54, 1.807) is 20.8 Å². The Balaban J connectivity index is 2.86. The number of amides is 2. The van der Waals surface area contributed by atoms with Crippen LogP contribution in [0.3, 0.4) is 0 Å². The molecule has 26 heavy (non-hydrogen) atoms. The second-order valence-corrected chi connectivity index (χ2v) is 8.85. The molecular formula is C17H24Cl2N2O4S. The number of hydrogen-bond donors (Lipinski definition) is 2. The molecule has 0 fully saturated rings. The van der Waals surface area contributed by atoms with Gasteiger partial charge in [-0.15, -0.1) is 0 Å². The van der Waals surface area contributed by atoms with Crippen LogP contribution >= 0.6 is 23.2 Å². The average molecular weight is 423 g/mol. The molecule has 2 amide bonds. The van der Waals surface area contributed by atoms with Gasteiger partial charge in [0.25, 0.3) is 5.91 Å². The number of nitrogens with one attached hydrogen (secondary N) is 2. The smallest absolute Gasteiger partial charge is 0.408 e. The zero-order valence-corrected chi connectivity index (χ0v) is 17.7. The topological polar surface area (TPSA) is 84.5 Å². The molecule has 0 saturated carbocycles. The summed E-state index contributed by atoms with van der Waals surface area (Å²) in [5.74, 6) is -0.761. The van der Waals surface area contributed by atoms with Gasteiger partial charge >= 0.3 is 6.09 Å². The summed E-state index contributed by atoms with van der Waals surface area (Å²) in [7, 11) is -1.84. The van der Waals surface area contributed by atoms with Crippen molar-refractivity contribution in [2.75, 3.05) is 0 Å². The Labute approximate surface area is 166 Å². The van der Waals surface area contributed by atoms with Crippen LogP contribution in [0.15, 0.2) is 23.1 Å². The van der Waals surface area contributed by atoms with Crippen molar-refractivity contribution in [3.8, 4) is 0 Å². The van der Waals surface area contributed by atoms with E-state index in [4.69, 9.17) is 27.9 Å². The summed E-state index contributed by atoms with van der Waals surface area (Å²) in [6, 6.07) is 3.53. The van der Waals surface area contributed by atoms with Crippen LogP contribution in [0, 0.1) is 5.92 Å². The highest BCUT2D eigenvalue weighted by molar-refractivity contribution is 7.83. The van der Waals surface area contributed by atoms with E-state index in [1.165, 1.54) is 18.2 Å². The van der Waals surface area contributed by atoms with Gasteiger partial charge in [0.2, 0.25) is 0 Å². The monoisotopic (exact) mass is 422 g/mol. The molecule has 0 radical (unpaired) electrons. The minimum Gasteiger partial charge on any atom is -0.444 e. The van der Waals surface area contributed by atoms with Gasteiger partial charge in [0, 0.05) is 0 Å². The minimum absolute atomic E-state index is 0.187. The highest BCUT2D eigenvalue weighted by Crippen LogP contribution is 2.23. The second kappa shape index (κ2) is 9.58. The molecule has 2 N–H and O–H groups in total. The molecular weight excluding hydrogens is 399 g/mol. The SMILES string of the molecule is CC[C@H](C)[C@H](NC(=O)OC(C)(C)C)C(=O)NS(=O)c1ccc(Cl)c(Cl)c1. The molecule has 146 valence electrons. The van der Waals surface area contributed by atoms with Gasteiger partial charge in [0.1, 0.15) is 11.6 Å². The maximum absolute atomic E-state index is 12.5. The molecule has 0 heterocycles. The van der Waals surface area contributed by atoms with E-state index in [9.17, 15) is 13.8 Å². The third-order valence-electron chi connectivity index (χ3n) is 3.47. The number of carbonyl (C=O) groups is 2. The Morgan fingerprint density at radius 1 is 1.23 bits per heavy atom. The molecule has 1 aromatic carbocycles. The first-order chi connectivity index (χ1) is 11.9. The standard InChI is InChI=1S/C17H24Cl2N2O4S/c1-6-10(2)14(20-16(23)25-17(3,4)5)15(22)21-26(24)11-7-8-12(18)13(19)9-11/h7-10,14H,6H2,1-5H3,(H,20,23)(H,21,22)/t10-,14-,26?/m0/s1. The lowest BCUT2D eigenvalue weighted by atomic mass is 9.99. The van der Waals surface area contributed by atoms with Crippen LogP contribution in [-0.4, -0.2) is 27.9 Å². The van der Waals surface area contributed by atoms with Crippen molar-refractivity contribution in [1.82, 2.24) is 10.0 Å². The average Bonchev–Trinajstić information content (AvgIpc) is 2.52. The van der Waals surface area contributed by atoms with Crippen molar-refractivity contribution in [3.63, 3.8) is 0 Å². The lowest BCUT2D eigenvalue weighted by Gasteiger charge is -2.26. The van der Waals surface area contributed by atoms with Crippen molar-refractivity contribution in [1.29, 1.82) is 0 Å². The third kappa shape index (κ3) is 7.13. The minimum atomic E-state index is -1.84. The van der Waals surface area contributed by atoms with Crippen LogP contribution in [0.5, 0.6) is 0 Å². The Morgan fingerprint density at radius 3 is 2.35 bits per heavy atom. The van der Waals surface area contributed by atoms with E-state index >= 15 is 0 Å². The lowest BCUT2D eigenvalue weighted by molar-refractivity contribution is -0.122. The fraction of sp³-hybridized carbons (Fsp3) is 0.529. The second-order valence-electron chi connectivity index (χ2n) is 6.82. The van der Waals surface area contributed by atoms with Crippen molar-refractivity contribution in [3.05, 3.63) is 28.2 Å². The quantitative estimate of drug-likeness (QED) is 0.723. The molecule has 0 spiro atoms. The Kier molecular flexibility index (Phi) is 8.37. The highest BCUT2D eigenvalue weighted by Gasteiger charge is 2.29.